The molecule has 0 atom stereocenters. The van der Waals surface area contributed by atoms with E-state index in [2.05, 4.69) is 34.6 Å². The van der Waals surface area contributed by atoms with Crippen LogP contribution in [0.15, 0.2) is 33.8 Å². The Hall–Kier alpha value is -2.37. The molecule has 0 aliphatic rings. The van der Waals surface area contributed by atoms with E-state index in [4.69, 9.17) is 4.52 Å². The van der Waals surface area contributed by atoms with Gasteiger partial charge in [0.2, 0.25) is 0 Å². The highest BCUT2D eigenvalue weighted by molar-refractivity contribution is 5.79. The lowest BCUT2D eigenvalue weighted by molar-refractivity contribution is 0.376. The van der Waals surface area contributed by atoms with Crippen LogP contribution >= 0.6 is 0 Å². The van der Waals surface area contributed by atoms with Gasteiger partial charge in [-0.25, -0.2) is 9.38 Å². The van der Waals surface area contributed by atoms with Gasteiger partial charge in [-0.15, -0.1) is 0 Å². The van der Waals surface area contributed by atoms with Crippen LogP contribution in [-0.2, 0) is 13.0 Å². The van der Waals surface area contributed by atoms with Gasteiger partial charge >= 0.3 is 0 Å². The lowest BCUT2D eigenvalue weighted by atomic mass is 10.1. The smallest absolute Gasteiger partial charge is 0.191 e. The summed E-state index contributed by atoms with van der Waals surface area (Å²) in [5.74, 6) is 1.61. The Labute approximate surface area is 148 Å². The zero-order chi connectivity index (χ0) is 18.2. The van der Waals surface area contributed by atoms with Crippen molar-refractivity contribution in [2.45, 2.75) is 46.6 Å². The molecule has 0 unspecified atom stereocenters. The van der Waals surface area contributed by atoms with E-state index in [1.54, 1.807) is 6.07 Å². The molecule has 2 aromatic rings. The molecule has 2 N–H and O–H groups in total. The molecule has 1 aromatic carbocycles. The van der Waals surface area contributed by atoms with Crippen molar-refractivity contribution in [3.05, 3.63) is 52.7 Å². The molecule has 0 aliphatic heterocycles. The van der Waals surface area contributed by atoms with Crippen LogP contribution in [0, 0.1) is 12.7 Å². The molecule has 136 valence electrons. The second-order valence-electron chi connectivity index (χ2n) is 6.32. The fourth-order valence-corrected chi connectivity index (χ4v) is 2.43. The van der Waals surface area contributed by atoms with Gasteiger partial charge in [-0.3, -0.25) is 0 Å². The van der Waals surface area contributed by atoms with Crippen LogP contribution < -0.4 is 10.6 Å². The summed E-state index contributed by atoms with van der Waals surface area (Å²) in [6.45, 7) is 10.0. The van der Waals surface area contributed by atoms with Gasteiger partial charge in [-0.2, -0.15) is 0 Å². The molecule has 1 aromatic heterocycles. The van der Waals surface area contributed by atoms with Crippen molar-refractivity contribution in [3.8, 4) is 0 Å². The topological polar surface area (TPSA) is 62.5 Å². The van der Waals surface area contributed by atoms with Crippen LogP contribution in [-0.4, -0.2) is 24.2 Å². The van der Waals surface area contributed by atoms with E-state index < -0.39 is 0 Å². The van der Waals surface area contributed by atoms with E-state index in [1.165, 1.54) is 6.07 Å². The second-order valence-corrected chi connectivity index (χ2v) is 6.32. The van der Waals surface area contributed by atoms with Crippen LogP contribution in [0.25, 0.3) is 0 Å². The minimum atomic E-state index is -0.197. The van der Waals surface area contributed by atoms with Crippen LogP contribution in [0.5, 0.6) is 0 Å². The number of nitrogens with one attached hydrogen (secondary N) is 2. The molecule has 0 amide bonds. The number of nitrogens with zero attached hydrogens (tertiary/aromatic N) is 2. The first-order valence-corrected chi connectivity index (χ1v) is 8.72. The standard InChI is InChI=1S/C19H27FN4O/c1-5-21-19(23-12-17-11-18(13(2)3)24-25-17)22-9-8-15-6-7-16(20)10-14(15)4/h6-7,10-11,13H,5,8-9,12H2,1-4H3,(H2,21,22,23). The predicted octanol–water partition coefficient (Wildman–Crippen LogP) is 3.54. The van der Waals surface area contributed by atoms with Crippen molar-refractivity contribution in [2.75, 3.05) is 13.1 Å². The average molecular weight is 346 g/mol. The second kappa shape index (κ2) is 9.20. The minimum absolute atomic E-state index is 0.197. The summed E-state index contributed by atoms with van der Waals surface area (Å²) in [5, 5.41) is 10.5. The van der Waals surface area contributed by atoms with Crippen molar-refractivity contribution in [2.24, 2.45) is 4.99 Å². The number of aromatic nitrogens is 1. The molecule has 0 saturated heterocycles. The van der Waals surface area contributed by atoms with Crippen molar-refractivity contribution >= 4 is 5.96 Å². The van der Waals surface area contributed by atoms with E-state index in [-0.39, 0.29) is 5.82 Å². The Balaban J connectivity index is 1.90. The monoisotopic (exact) mass is 346 g/mol. The molecular weight excluding hydrogens is 319 g/mol. The summed E-state index contributed by atoms with van der Waals surface area (Å²) >= 11 is 0. The molecule has 6 heteroatoms. The molecular formula is C19H27FN4O. The minimum Gasteiger partial charge on any atom is -0.359 e. The highest BCUT2D eigenvalue weighted by Gasteiger charge is 2.07. The van der Waals surface area contributed by atoms with Gasteiger partial charge < -0.3 is 15.2 Å². The van der Waals surface area contributed by atoms with Gasteiger partial charge in [0.1, 0.15) is 12.4 Å². The molecule has 0 spiro atoms. The first-order chi connectivity index (χ1) is 12.0. The third-order valence-corrected chi connectivity index (χ3v) is 3.90. The molecule has 2 rings (SSSR count). The van der Waals surface area contributed by atoms with Crippen LogP contribution in [0.1, 0.15) is 49.3 Å². The largest absolute Gasteiger partial charge is 0.359 e. The Bertz CT molecular complexity index is 709. The normalized spacial score (nSPS) is 11.8. The molecule has 0 aliphatic carbocycles. The van der Waals surface area contributed by atoms with Crippen molar-refractivity contribution in [1.82, 2.24) is 15.8 Å². The number of rotatable bonds is 7. The zero-order valence-corrected chi connectivity index (χ0v) is 15.4. The third kappa shape index (κ3) is 5.89. The van der Waals surface area contributed by atoms with E-state index in [0.29, 0.717) is 19.0 Å². The number of aliphatic imine (C=N–C) groups is 1. The van der Waals surface area contributed by atoms with E-state index in [9.17, 15) is 4.39 Å². The first kappa shape index (κ1) is 19.0. The molecule has 0 fully saturated rings. The summed E-state index contributed by atoms with van der Waals surface area (Å²) in [6.07, 6.45) is 0.802. The molecule has 0 saturated carbocycles. The number of aryl methyl sites for hydroxylation is 1. The van der Waals surface area contributed by atoms with Gasteiger partial charge in [-0.05, 0) is 49.4 Å². The Kier molecular flexibility index (Phi) is 6.98. The zero-order valence-electron chi connectivity index (χ0n) is 15.4. The fraction of sp³-hybridized carbons (Fsp3) is 0.474. The maximum atomic E-state index is 13.2. The van der Waals surface area contributed by atoms with E-state index >= 15 is 0 Å². The fourth-order valence-electron chi connectivity index (χ4n) is 2.43. The quantitative estimate of drug-likeness (QED) is 0.594. The Morgan fingerprint density at radius 2 is 2.08 bits per heavy atom. The molecule has 0 radical (unpaired) electrons. The lowest BCUT2D eigenvalue weighted by Crippen LogP contribution is -2.38. The molecule has 5 nitrogen and oxygen atoms in total. The van der Waals surface area contributed by atoms with Gasteiger partial charge in [0, 0.05) is 19.2 Å². The number of hydrogen-bond donors (Lipinski definition) is 2. The summed E-state index contributed by atoms with van der Waals surface area (Å²) in [5.41, 5.74) is 3.03. The van der Waals surface area contributed by atoms with Gasteiger partial charge in [-0.1, -0.05) is 25.1 Å². The molecule has 25 heavy (non-hydrogen) atoms. The maximum Gasteiger partial charge on any atom is 0.191 e. The van der Waals surface area contributed by atoms with Crippen LogP contribution in [0.3, 0.4) is 0 Å². The predicted molar refractivity (Wildman–Crippen MR) is 98.3 cm³/mol. The summed E-state index contributed by atoms with van der Waals surface area (Å²) in [7, 11) is 0. The van der Waals surface area contributed by atoms with Crippen molar-refractivity contribution < 1.29 is 8.91 Å². The van der Waals surface area contributed by atoms with Gasteiger partial charge in [0.25, 0.3) is 0 Å². The SMILES string of the molecule is CCNC(=NCc1cc(C(C)C)no1)NCCc1ccc(F)cc1C. The van der Waals surface area contributed by atoms with Crippen molar-refractivity contribution in [3.63, 3.8) is 0 Å². The first-order valence-electron chi connectivity index (χ1n) is 8.72. The molecule has 1 heterocycles. The summed E-state index contributed by atoms with van der Waals surface area (Å²) in [4.78, 5) is 4.52. The Morgan fingerprint density at radius 3 is 2.72 bits per heavy atom. The average Bonchev–Trinajstić information content (AvgIpc) is 3.04. The lowest BCUT2D eigenvalue weighted by Gasteiger charge is -2.12. The van der Waals surface area contributed by atoms with Crippen molar-refractivity contribution in [1.29, 1.82) is 0 Å². The van der Waals surface area contributed by atoms with E-state index in [0.717, 1.165) is 41.5 Å². The number of benzene rings is 1. The highest BCUT2D eigenvalue weighted by atomic mass is 19.1. The van der Waals surface area contributed by atoms with Crippen LogP contribution in [0.2, 0.25) is 0 Å². The number of halogens is 1. The van der Waals surface area contributed by atoms with E-state index in [1.807, 2.05) is 26.0 Å². The van der Waals surface area contributed by atoms with Gasteiger partial charge in [0.15, 0.2) is 11.7 Å². The summed E-state index contributed by atoms with van der Waals surface area (Å²) in [6, 6.07) is 6.83. The number of hydrogen-bond acceptors (Lipinski definition) is 3. The highest BCUT2D eigenvalue weighted by Crippen LogP contribution is 2.14. The van der Waals surface area contributed by atoms with Crippen LogP contribution in [0.4, 0.5) is 4.39 Å². The molecule has 0 bridgehead atoms. The third-order valence-electron chi connectivity index (χ3n) is 3.90. The van der Waals surface area contributed by atoms with Gasteiger partial charge in [0.05, 0.1) is 5.69 Å². The summed E-state index contributed by atoms with van der Waals surface area (Å²) < 4.78 is 18.5. The number of guanidine groups is 1. The Morgan fingerprint density at radius 1 is 1.28 bits per heavy atom. The maximum absolute atomic E-state index is 13.2.